The van der Waals surface area contributed by atoms with E-state index in [-0.39, 0.29) is 12.2 Å². The zero-order chi connectivity index (χ0) is 17.2. The Morgan fingerprint density at radius 1 is 1.00 bits per heavy atom. The molecule has 4 heteroatoms. The zero-order valence-corrected chi connectivity index (χ0v) is 12.7. The Kier molecular flexibility index (Phi) is 4.21. The predicted molar refractivity (Wildman–Crippen MR) is 87.0 cm³/mol. The van der Waals surface area contributed by atoms with Crippen LogP contribution in [0.25, 0.3) is 0 Å². The fourth-order valence-corrected chi connectivity index (χ4v) is 2.60. The highest BCUT2D eigenvalue weighted by Crippen LogP contribution is 2.35. The quantitative estimate of drug-likeness (QED) is 0.620. The van der Waals surface area contributed by atoms with Gasteiger partial charge in [0.25, 0.3) is 0 Å². The van der Waals surface area contributed by atoms with Crippen molar-refractivity contribution in [3.8, 4) is 0 Å². The number of carbonyl (C=O) groups excluding carboxylic acids is 2. The van der Waals surface area contributed by atoms with E-state index in [0.29, 0.717) is 28.5 Å². The molecule has 0 saturated heterocycles. The van der Waals surface area contributed by atoms with Crippen LogP contribution in [0.1, 0.15) is 27.9 Å². The van der Waals surface area contributed by atoms with Gasteiger partial charge in [0, 0.05) is 23.1 Å². The Morgan fingerprint density at radius 3 is 2.08 bits per heavy atom. The maximum atomic E-state index is 14.9. The van der Waals surface area contributed by atoms with Gasteiger partial charge in [-0.1, -0.05) is 36.4 Å². The maximum Gasteiger partial charge on any atom is 0.193 e. The maximum absolute atomic E-state index is 14.9. The van der Waals surface area contributed by atoms with Crippen molar-refractivity contribution >= 4 is 12.1 Å². The van der Waals surface area contributed by atoms with Gasteiger partial charge in [-0.2, -0.15) is 0 Å². The molecule has 1 atom stereocenters. The highest BCUT2D eigenvalue weighted by atomic mass is 19.1. The average molecular weight is 324 g/mol. The lowest BCUT2D eigenvalue weighted by molar-refractivity contribution is -0.104. The van der Waals surface area contributed by atoms with E-state index in [1.807, 2.05) is 0 Å². The molecule has 1 aliphatic carbocycles. The normalized spacial score (nSPS) is 19.7. The van der Waals surface area contributed by atoms with E-state index in [9.17, 15) is 18.4 Å². The summed E-state index contributed by atoms with van der Waals surface area (Å²) in [6.45, 7) is 0. The SMILES string of the molecule is O=CC1=CCC(F)(c2ccc(C(=O)c3ccc(F)cc3)cc2)C=C1. The lowest BCUT2D eigenvalue weighted by Crippen LogP contribution is -2.19. The van der Waals surface area contributed by atoms with E-state index in [2.05, 4.69) is 0 Å². The Hall–Kier alpha value is -2.88. The Bertz CT molecular complexity index is 833. The van der Waals surface area contributed by atoms with Crippen LogP contribution < -0.4 is 0 Å². The van der Waals surface area contributed by atoms with Crippen LogP contribution in [0, 0.1) is 5.82 Å². The first kappa shape index (κ1) is 16.0. The highest BCUT2D eigenvalue weighted by Gasteiger charge is 2.30. The molecule has 0 fully saturated rings. The number of benzene rings is 2. The van der Waals surface area contributed by atoms with Crippen molar-refractivity contribution in [1.82, 2.24) is 0 Å². The molecule has 0 aliphatic heterocycles. The van der Waals surface area contributed by atoms with E-state index in [1.54, 1.807) is 30.3 Å². The molecule has 120 valence electrons. The van der Waals surface area contributed by atoms with Crippen molar-refractivity contribution < 1.29 is 18.4 Å². The minimum absolute atomic E-state index is 0.0723. The second-order valence-corrected chi connectivity index (χ2v) is 5.64. The van der Waals surface area contributed by atoms with E-state index in [1.165, 1.54) is 36.4 Å². The van der Waals surface area contributed by atoms with Crippen molar-refractivity contribution in [1.29, 1.82) is 0 Å². The van der Waals surface area contributed by atoms with Gasteiger partial charge in [-0.3, -0.25) is 9.59 Å². The van der Waals surface area contributed by atoms with Crippen molar-refractivity contribution in [2.75, 3.05) is 0 Å². The van der Waals surface area contributed by atoms with Gasteiger partial charge in [-0.15, -0.1) is 0 Å². The van der Waals surface area contributed by atoms with Gasteiger partial charge >= 0.3 is 0 Å². The summed E-state index contributed by atoms with van der Waals surface area (Å²) in [6.07, 6.45) is 5.11. The van der Waals surface area contributed by atoms with Gasteiger partial charge in [0.1, 0.15) is 12.1 Å². The molecule has 0 saturated carbocycles. The lowest BCUT2D eigenvalue weighted by atomic mass is 9.86. The molecule has 0 aromatic heterocycles. The molecule has 2 aromatic carbocycles. The summed E-state index contributed by atoms with van der Waals surface area (Å²) >= 11 is 0. The van der Waals surface area contributed by atoms with Crippen molar-refractivity contribution in [2.45, 2.75) is 12.1 Å². The molecule has 0 bridgehead atoms. The van der Waals surface area contributed by atoms with Crippen LogP contribution in [-0.2, 0) is 10.5 Å². The number of allylic oxidation sites excluding steroid dienone is 4. The summed E-state index contributed by atoms with van der Waals surface area (Å²) in [5, 5.41) is 0. The number of hydrogen-bond donors (Lipinski definition) is 0. The first-order valence-electron chi connectivity index (χ1n) is 7.46. The summed E-state index contributed by atoms with van der Waals surface area (Å²) in [4.78, 5) is 23.0. The molecule has 1 aliphatic rings. The molecule has 24 heavy (non-hydrogen) atoms. The number of hydrogen-bond acceptors (Lipinski definition) is 2. The molecule has 0 radical (unpaired) electrons. The van der Waals surface area contributed by atoms with Crippen LogP contribution >= 0.6 is 0 Å². The lowest BCUT2D eigenvalue weighted by Gasteiger charge is -2.23. The second kappa shape index (κ2) is 6.32. The topological polar surface area (TPSA) is 34.1 Å². The number of aldehydes is 1. The fraction of sp³-hybridized carbons (Fsp3) is 0.100. The highest BCUT2D eigenvalue weighted by molar-refractivity contribution is 6.08. The number of carbonyl (C=O) groups is 2. The van der Waals surface area contributed by atoms with Crippen LogP contribution in [0.5, 0.6) is 0 Å². The van der Waals surface area contributed by atoms with Crippen LogP contribution in [0.3, 0.4) is 0 Å². The van der Waals surface area contributed by atoms with E-state index in [4.69, 9.17) is 0 Å². The molecular formula is C20H14F2O2. The first-order chi connectivity index (χ1) is 11.5. The summed E-state index contributed by atoms with van der Waals surface area (Å²) in [6, 6.07) is 11.5. The number of ketones is 1. The molecule has 2 aromatic rings. The molecule has 2 nitrogen and oxygen atoms in total. The largest absolute Gasteiger partial charge is 0.298 e. The summed E-state index contributed by atoms with van der Waals surface area (Å²) in [5.41, 5.74) is -0.0562. The van der Waals surface area contributed by atoms with Gasteiger partial charge < -0.3 is 0 Å². The van der Waals surface area contributed by atoms with Crippen LogP contribution in [0.2, 0.25) is 0 Å². The average Bonchev–Trinajstić information content (AvgIpc) is 2.62. The van der Waals surface area contributed by atoms with Crippen LogP contribution in [-0.4, -0.2) is 12.1 Å². The number of rotatable bonds is 4. The third-order valence-electron chi connectivity index (χ3n) is 4.04. The molecule has 0 N–H and O–H groups in total. The van der Waals surface area contributed by atoms with E-state index < -0.39 is 11.5 Å². The molecular weight excluding hydrogens is 310 g/mol. The molecule has 0 heterocycles. The van der Waals surface area contributed by atoms with Gasteiger partial charge in [0.2, 0.25) is 0 Å². The Morgan fingerprint density at radius 2 is 1.58 bits per heavy atom. The Labute approximate surface area is 138 Å². The summed E-state index contributed by atoms with van der Waals surface area (Å²) in [5.74, 6) is -0.662. The van der Waals surface area contributed by atoms with Gasteiger partial charge in [-0.05, 0) is 35.9 Å². The van der Waals surface area contributed by atoms with Crippen molar-refractivity contribution in [3.63, 3.8) is 0 Å². The Balaban J connectivity index is 1.82. The van der Waals surface area contributed by atoms with E-state index >= 15 is 0 Å². The molecule has 0 amide bonds. The van der Waals surface area contributed by atoms with Crippen molar-refractivity contribution in [2.24, 2.45) is 0 Å². The summed E-state index contributed by atoms with van der Waals surface area (Å²) < 4.78 is 27.9. The number of halogens is 2. The fourth-order valence-electron chi connectivity index (χ4n) is 2.60. The van der Waals surface area contributed by atoms with Gasteiger partial charge in [0.05, 0.1) is 0 Å². The number of alkyl halides is 1. The van der Waals surface area contributed by atoms with Crippen LogP contribution in [0.4, 0.5) is 8.78 Å². The zero-order valence-electron chi connectivity index (χ0n) is 12.7. The molecule has 1 unspecified atom stereocenters. The predicted octanol–water partition coefficient (Wildman–Crippen LogP) is 4.31. The smallest absolute Gasteiger partial charge is 0.193 e. The minimum atomic E-state index is -1.69. The van der Waals surface area contributed by atoms with Gasteiger partial charge in [-0.25, -0.2) is 8.78 Å². The monoisotopic (exact) mass is 324 g/mol. The minimum Gasteiger partial charge on any atom is -0.298 e. The first-order valence-corrected chi connectivity index (χ1v) is 7.46. The van der Waals surface area contributed by atoms with Crippen LogP contribution in [0.15, 0.2) is 72.3 Å². The van der Waals surface area contributed by atoms with Crippen molar-refractivity contribution in [3.05, 3.63) is 94.8 Å². The molecule has 3 rings (SSSR count). The second-order valence-electron chi connectivity index (χ2n) is 5.64. The van der Waals surface area contributed by atoms with E-state index in [0.717, 1.165) is 0 Å². The summed E-state index contributed by atoms with van der Waals surface area (Å²) in [7, 11) is 0. The third-order valence-corrected chi connectivity index (χ3v) is 4.04. The van der Waals surface area contributed by atoms with Gasteiger partial charge in [0.15, 0.2) is 11.5 Å². The standard InChI is InChI=1S/C20H14F2O2/c21-18-7-3-16(4-8-18)19(24)15-1-5-17(6-2-15)20(22)11-9-14(13-23)10-12-20/h1-11,13H,12H2. The molecule has 0 spiro atoms. The third kappa shape index (κ3) is 3.08.